The maximum Gasteiger partial charge on any atom is 0.271 e. The standard InChI is InChI=1S/C30H30N4O2S/c1-5-15-37-25-13-11-22(12-14-25)28-23(19-34(32-28)24-9-7-6-8-10-24)16-26-21(4)27(17-31)30(36)33(29(26)35)18-20(2)3/h6-14,16,19-20H,5,15,18H2,1-4H3/b26-16+. The van der Waals surface area contributed by atoms with Crippen molar-refractivity contribution < 1.29 is 9.59 Å². The van der Waals surface area contributed by atoms with Crippen LogP contribution >= 0.6 is 11.8 Å². The molecule has 0 unspecified atom stereocenters. The third-order valence-electron chi connectivity index (χ3n) is 6.04. The quantitative estimate of drug-likeness (QED) is 0.202. The first kappa shape index (κ1) is 26.2. The average molecular weight is 511 g/mol. The number of nitrogens with zero attached hydrogens (tertiary/aromatic N) is 4. The Labute approximate surface area is 222 Å². The minimum Gasteiger partial charge on any atom is -0.273 e. The number of benzene rings is 2. The molecule has 0 spiro atoms. The van der Waals surface area contributed by atoms with E-state index in [1.807, 2.05) is 80.3 Å². The van der Waals surface area contributed by atoms with Gasteiger partial charge in [0, 0.05) is 34.3 Å². The van der Waals surface area contributed by atoms with E-state index in [0.717, 1.165) is 34.7 Å². The van der Waals surface area contributed by atoms with Crippen LogP contribution in [0.3, 0.4) is 0 Å². The number of aromatic nitrogens is 2. The Kier molecular flexibility index (Phi) is 8.10. The van der Waals surface area contributed by atoms with Gasteiger partial charge < -0.3 is 0 Å². The summed E-state index contributed by atoms with van der Waals surface area (Å²) < 4.78 is 1.79. The molecule has 0 atom stereocenters. The number of rotatable bonds is 8. The lowest BCUT2D eigenvalue weighted by Gasteiger charge is -2.28. The van der Waals surface area contributed by atoms with E-state index in [2.05, 4.69) is 19.1 Å². The molecule has 0 N–H and O–H groups in total. The van der Waals surface area contributed by atoms with Crippen LogP contribution in [0.5, 0.6) is 0 Å². The van der Waals surface area contributed by atoms with Crippen LogP contribution in [0, 0.1) is 17.2 Å². The number of carbonyl (C=O) groups excluding carboxylic acids is 2. The minimum absolute atomic E-state index is 0.000744. The second-order valence-electron chi connectivity index (χ2n) is 9.37. The molecule has 7 heteroatoms. The normalized spacial score (nSPS) is 15.1. The molecule has 4 rings (SSSR count). The van der Waals surface area contributed by atoms with E-state index in [9.17, 15) is 14.9 Å². The molecule has 0 fully saturated rings. The van der Waals surface area contributed by atoms with Gasteiger partial charge in [0.2, 0.25) is 0 Å². The number of hydrogen-bond acceptors (Lipinski definition) is 5. The summed E-state index contributed by atoms with van der Waals surface area (Å²) in [4.78, 5) is 28.7. The van der Waals surface area contributed by atoms with E-state index < -0.39 is 5.91 Å². The molecule has 0 aliphatic carbocycles. The Bertz CT molecular complexity index is 1410. The van der Waals surface area contributed by atoms with E-state index in [1.54, 1.807) is 17.7 Å². The van der Waals surface area contributed by atoms with Gasteiger partial charge in [-0.05, 0) is 60.9 Å². The molecule has 2 heterocycles. The number of hydrogen-bond donors (Lipinski definition) is 0. The zero-order valence-electron chi connectivity index (χ0n) is 21.6. The molecule has 2 amide bonds. The van der Waals surface area contributed by atoms with Crippen molar-refractivity contribution in [3.8, 4) is 23.0 Å². The number of carbonyl (C=O) groups is 2. The van der Waals surface area contributed by atoms with Crippen LogP contribution in [0.4, 0.5) is 0 Å². The van der Waals surface area contributed by atoms with Crippen LogP contribution in [0.15, 0.2) is 82.4 Å². The fraction of sp³-hybridized carbons (Fsp3) is 0.267. The zero-order valence-corrected chi connectivity index (χ0v) is 22.4. The number of thioether (sulfide) groups is 1. The third kappa shape index (κ3) is 5.60. The summed E-state index contributed by atoms with van der Waals surface area (Å²) in [5.74, 6) is 0.212. The van der Waals surface area contributed by atoms with Crippen LogP contribution in [0.1, 0.15) is 39.7 Å². The van der Waals surface area contributed by atoms with E-state index in [0.29, 0.717) is 11.1 Å². The molecule has 6 nitrogen and oxygen atoms in total. The molecular weight excluding hydrogens is 480 g/mol. The van der Waals surface area contributed by atoms with Gasteiger partial charge in [-0.15, -0.1) is 11.8 Å². The van der Waals surface area contributed by atoms with Crippen molar-refractivity contribution >= 4 is 29.7 Å². The second-order valence-corrected chi connectivity index (χ2v) is 10.5. The summed E-state index contributed by atoms with van der Waals surface area (Å²) in [6.45, 7) is 7.94. The molecule has 0 radical (unpaired) electrons. The van der Waals surface area contributed by atoms with Gasteiger partial charge in [-0.1, -0.05) is 51.1 Å². The van der Waals surface area contributed by atoms with Gasteiger partial charge >= 0.3 is 0 Å². The maximum atomic E-state index is 13.5. The van der Waals surface area contributed by atoms with E-state index >= 15 is 0 Å². The Morgan fingerprint density at radius 1 is 1.05 bits per heavy atom. The van der Waals surface area contributed by atoms with Gasteiger partial charge in [0.25, 0.3) is 11.8 Å². The molecule has 188 valence electrons. The molecule has 1 aromatic heterocycles. The molecule has 3 aromatic rings. The minimum atomic E-state index is -0.531. The fourth-order valence-electron chi connectivity index (χ4n) is 4.18. The topological polar surface area (TPSA) is 79.0 Å². The monoisotopic (exact) mass is 510 g/mol. The highest BCUT2D eigenvalue weighted by atomic mass is 32.2. The van der Waals surface area contributed by atoms with Gasteiger partial charge in [-0.3, -0.25) is 14.5 Å². The van der Waals surface area contributed by atoms with Crippen molar-refractivity contribution in [2.75, 3.05) is 12.3 Å². The van der Waals surface area contributed by atoms with Crippen LogP contribution in [0.2, 0.25) is 0 Å². The first-order valence-corrected chi connectivity index (χ1v) is 13.4. The van der Waals surface area contributed by atoms with E-state index in [-0.39, 0.29) is 23.9 Å². The summed E-state index contributed by atoms with van der Waals surface area (Å²) in [7, 11) is 0. The predicted molar refractivity (Wildman–Crippen MR) is 148 cm³/mol. The summed E-state index contributed by atoms with van der Waals surface area (Å²) in [5.41, 5.74) is 3.98. The summed E-state index contributed by atoms with van der Waals surface area (Å²) >= 11 is 1.81. The van der Waals surface area contributed by atoms with E-state index in [4.69, 9.17) is 5.10 Å². The molecular formula is C30H30N4O2S. The van der Waals surface area contributed by atoms with Crippen LogP contribution in [-0.4, -0.2) is 38.8 Å². The maximum absolute atomic E-state index is 13.5. The highest BCUT2D eigenvalue weighted by Crippen LogP contribution is 2.32. The van der Waals surface area contributed by atoms with Crippen molar-refractivity contribution in [2.45, 2.75) is 39.0 Å². The molecule has 1 aliphatic rings. The fourth-order valence-corrected chi connectivity index (χ4v) is 4.94. The largest absolute Gasteiger partial charge is 0.273 e. The molecule has 37 heavy (non-hydrogen) atoms. The highest BCUT2D eigenvalue weighted by molar-refractivity contribution is 7.99. The highest BCUT2D eigenvalue weighted by Gasteiger charge is 2.35. The number of nitriles is 1. The Morgan fingerprint density at radius 2 is 1.76 bits per heavy atom. The van der Waals surface area contributed by atoms with Crippen LogP contribution in [0.25, 0.3) is 23.0 Å². The van der Waals surface area contributed by atoms with Gasteiger partial charge in [0.1, 0.15) is 11.6 Å². The number of amides is 2. The molecule has 0 saturated heterocycles. The SMILES string of the molecule is CCCSc1ccc(-c2nn(-c3ccccc3)cc2/C=C2/C(=O)N(CC(C)C)C(=O)C(C#N)=C2C)cc1. The van der Waals surface area contributed by atoms with Crippen molar-refractivity contribution in [1.29, 1.82) is 5.26 Å². The first-order chi connectivity index (χ1) is 17.8. The Hall–Kier alpha value is -3.89. The lowest BCUT2D eigenvalue weighted by molar-refractivity contribution is -0.141. The van der Waals surface area contributed by atoms with Gasteiger partial charge in [-0.2, -0.15) is 10.4 Å². The Morgan fingerprint density at radius 3 is 2.38 bits per heavy atom. The number of para-hydroxylation sites is 1. The summed E-state index contributed by atoms with van der Waals surface area (Å²) in [5, 5.41) is 14.6. The molecule has 2 aromatic carbocycles. The molecule has 0 bridgehead atoms. The van der Waals surface area contributed by atoms with Crippen LogP contribution in [-0.2, 0) is 9.59 Å². The third-order valence-corrected chi connectivity index (χ3v) is 7.25. The van der Waals surface area contributed by atoms with Crippen LogP contribution < -0.4 is 0 Å². The summed E-state index contributed by atoms with van der Waals surface area (Å²) in [6, 6.07) is 20.0. The van der Waals surface area contributed by atoms with Crippen molar-refractivity contribution in [2.24, 2.45) is 5.92 Å². The van der Waals surface area contributed by atoms with Crippen molar-refractivity contribution in [3.63, 3.8) is 0 Å². The van der Waals surface area contributed by atoms with Gasteiger partial charge in [0.15, 0.2) is 0 Å². The average Bonchev–Trinajstić information content (AvgIpc) is 3.33. The Balaban J connectivity index is 1.85. The van der Waals surface area contributed by atoms with Crippen molar-refractivity contribution in [3.05, 3.63) is 83.1 Å². The predicted octanol–water partition coefficient (Wildman–Crippen LogP) is 6.29. The number of imide groups is 1. The zero-order chi connectivity index (χ0) is 26.5. The molecule has 0 saturated carbocycles. The summed E-state index contributed by atoms with van der Waals surface area (Å²) in [6.07, 6.45) is 4.75. The first-order valence-electron chi connectivity index (χ1n) is 12.4. The smallest absolute Gasteiger partial charge is 0.271 e. The second kappa shape index (κ2) is 11.4. The van der Waals surface area contributed by atoms with Crippen molar-refractivity contribution in [1.82, 2.24) is 14.7 Å². The van der Waals surface area contributed by atoms with Gasteiger partial charge in [0.05, 0.1) is 11.4 Å². The lowest BCUT2D eigenvalue weighted by Crippen LogP contribution is -2.44. The van der Waals surface area contributed by atoms with Gasteiger partial charge in [-0.25, -0.2) is 4.68 Å². The van der Waals surface area contributed by atoms with E-state index in [1.165, 1.54) is 9.80 Å². The molecule has 1 aliphatic heterocycles. The lowest BCUT2D eigenvalue weighted by atomic mass is 9.92.